The number of para-hydroxylation sites is 2. The Kier molecular flexibility index (Phi) is 3.72. The minimum Gasteiger partial charge on any atom is -0.440 e. The van der Waals surface area contributed by atoms with Crippen LogP contribution in [0.15, 0.2) is 52.0 Å². The lowest BCUT2D eigenvalue weighted by Gasteiger charge is -2.08. The number of alkyl halides is 3. The lowest BCUT2D eigenvalue weighted by Crippen LogP contribution is -2.04. The van der Waals surface area contributed by atoms with Crippen molar-refractivity contribution in [3.8, 4) is 0 Å². The van der Waals surface area contributed by atoms with Crippen molar-refractivity contribution < 1.29 is 17.6 Å². The van der Waals surface area contributed by atoms with Crippen molar-refractivity contribution in [3.05, 3.63) is 53.9 Å². The molecule has 4 aromatic rings. The Labute approximate surface area is 156 Å². The zero-order chi connectivity index (χ0) is 18.6. The minimum absolute atomic E-state index is 0.304. The second-order valence-electron chi connectivity index (χ2n) is 6.56. The first kappa shape index (κ1) is 16.7. The van der Waals surface area contributed by atoms with Gasteiger partial charge in [0.1, 0.15) is 5.52 Å². The highest BCUT2D eigenvalue weighted by molar-refractivity contribution is 7.98. The largest absolute Gasteiger partial charge is 0.440 e. The summed E-state index contributed by atoms with van der Waals surface area (Å²) in [5.41, 5.74) is 1.95. The summed E-state index contributed by atoms with van der Waals surface area (Å²) in [6, 6.07) is 11.6. The van der Waals surface area contributed by atoms with Crippen LogP contribution in [0.1, 0.15) is 30.3 Å². The van der Waals surface area contributed by atoms with Crippen LogP contribution in [0.4, 0.5) is 13.2 Å². The number of hydrogen-bond acceptors (Lipinski definition) is 4. The van der Waals surface area contributed by atoms with Gasteiger partial charge < -0.3 is 8.98 Å². The van der Waals surface area contributed by atoms with Gasteiger partial charge in [-0.25, -0.2) is 9.97 Å². The lowest BCUT2D eigenvalue weighted by atomic mass is 10.2. The average Bonchev–Trinajstić information content (AvgIpc) is 3.27. The molecule has 0 atom stereocenters. The summed E-state index contributed by atoms with van der Waals surface area (Å²) in [6.07, 6.45) is -2.34. The van der Waals surface area contributed by atoms with Crippen LogP contribution in [-0.2, 0) is 11.9 Å². The van der Waals surface area contributed by atoms with E-state index in [0.29, 0.717) is 28.4 Å². The maximum Gasteiger partial charge on any atom is 0.416 e. The summed E-state index contributed by atoms with van der Waals surface area (Å²) in [5, 5.41) is 0.703. The van der Waals surface area contributed by atoms with E-state index in [0.717, 1.165) is 41.6 Å². The fourth-order valence-corrected chi connectivity index (χ4v) is 4.07. The highest BCUT2D eigenvalue weighted by Gasteiger charge is 2.33. The summed E-state index contributed by atoms with van der Waals surface area (Å²) in [6.45, 7) is 0. The number of benzene rings is 2. The Hall–Kier alpha value is -2.48. The number of halogens is 3. The minimum atomic E-state index is -4.37. The van der Waals surface area contributed by atoms with Crippen LogP contribution in [0.25, 0.3) is 22.1 Å². The molecule has 0 aliphatic heterocycles. The van der Waals surface area contributed by atoms with Gasteiger partial charge in [-0.15, -0.1) is 0 Å². The molecular formula is C19H14F3N3OS. The third kappa shape index (κ3) is 3.07. The monoisotopic (exact) mass is 389 g/mol. The number of hydrogen-bond donors (Lipinski definition) is 0. The highest BCUT2D eigenvalue weighted by atomic mass is 32.2. The Bertz CT molecular complexity index is 1110. The van der Waals surface area contributed by atoms with Crippen molar-refractivity contribution in [1.29, 1.82) is 0 Å². The van der Waals surface area contributed by atoms with Crippen molar-refractivity contribution in [2.75, 3.05) is 0 Å². The van der Waals surface area contributed by atoms with Crippen molar-refractivity contribution >= 4 is 33.9 Å². The molecule has 1 saturated carbocycles. The van der Waals surface area contributed by atoms with Crippen molar-refractivity contribution in [1.82, 2.24) is 14.5 Å². The van der Waals surface area contributed by atoms with Crippen LogP contribution in [-0.4, -0.2) is 14.5 Å². The van der Waals surface area contributed by atoms with Gasteiger partial charge in [-0.3, -0.25) is 0 Å². The molecule has 0 unspecified atom stereocenters. The van der Waals surface area contributed by atoms with Gasteiger partial charge in [0.15, 0.2) is 10.7 Å². The van der Waals surface area contributed by atoms with Gasteiger partial charge in [0, 0.05) is 6.04 Å². The summed E-state index contributed by atoms with van der Waals surface area (Å²) < 4.78 is 46.8. The van der Waals surface area contributed by atoms with Crippen LogP contribution >= 0.6 is 11.8 Å². The van der Waals surface area contributed by atoms with Crippen LogP contribution in [0.3, 0.4) is 0 Å². The standard InChI is InChI=1S/C19H14F3N3OS/c20-19(21,22)11-5-8-15-14(9-11)24-18(25(15)12-6-7-12)27-10-17-23-13-3-1-2-4-16(13)26-17/h1-5,8-9,12H,6-7,10H2. The predicted molar refractivity (Wildman–Crippen MR) is 96.6 cm³/mol. The third-order valence-electron chi connectivity index (χ3n) is 4.56. The third-order valence-corrected chi connectivity index (χ3v) is 5.50. The SMILES string of the molecule is FC(F)(F)c1ccc2c(c1)nc(SCc1nc3ccccc3o1)n2C1CC1. The maximum atomic E-state index is 13.0. The number of oxazole rings is 1. The second kappa shape index (κ2) is 6.02. The van der Waals surface area contributed by atoms with E-state index in [1.165, 1.54) is 17.8 Å². The molecule has 138 valence electrons. The van der Waals surface area contributed by atoms with E-state index in [-0.39, 0.29) is 0 Å². The van der Waals surface area contributed by atoms with Gasteiger partial charge in [0.25, 0.3) is 0 Å². The molecule has 1 fully saturated rings. The molecule has 1 aliphatic carbocycles. The summed E-state index contributed by atoms with van der Waals surface area (Å²) >= 11 is 1.44. The Balaban J connectivity index is 1.49. The first-order valence-electron chi connectivity index (χ1n) is 8.55. The van der Waals surface area contributed by atoms with E-state index in [1.807, 2.05) is 28.8 Å². The fraction of sp³-hybridized carbons (Fsp3) is 0.263. The van der Waals surface area contributed by atoms with Gasteiger partial charge in [0.2, 0.25) is 5.89 Å². The highest BCUT2D eigenvalue weighted by Crippen LogP contribution is 2.42. The number of aromatic nitrogens is 3. The fourth-order valence-electron chi connectivity index (χ4n) is 3.15. The molecule has 1 aliphatic rings. The molecule has 0 saturated heterocycles. The van der Waals surface area contributed by atoms with E-state index < -0.39 is 11.7 Å². The molecule has 27 heavy (non-hydrogen) atoms. The van der Waals surface area contributed by atoms with E-state index in [9.17, 15) is 13.2 Å². The zero-order valence-corrected chi connectivity index (χ0v) is 14.8. The Morgan fingerprint density at radius 2 is 1.89 bits per heavy atom. The molecule has 0 bridgehead atoms. The number of fused-ring (bicyclic) bond motifs is 2. The van der Waals surface area contributed by atoms with Crippen LogP contribution in [0, 0.1) is 0 Å². The van der Waals surface area contributed by atoms with Gasteiger partial charge in [0.05, 0.1) is 22.3 Å². The molecule has 2 aromatic carbocycles. The van der Waals surface area contributed by atoms with Gasteiger partial charge in [-0.2, -0.15) is 13.2 Å². The molecule has 8 heteroatoms. The quantitative estimate of drug-likeness (QED) is 0.412. The number of thioether (sulfide) groups is 1. The molecule has 2 aromatic heterocycles. The normalized spacial score (nSPS) is 15.1. The zero-order valence-electron chi connectivity index (χ0n) is 14.0. The van der Waals surface area contributed by atoms with Crippen molar-refractivity contribution in [2.45, 2.75) is 36.0 Å². The van der Waals surface area contributed by atoms with Gasteiger partial charge >= 0.3 is 6.18 Å². The first-order valence-corrected chi connectivity index (χ1v) is 9.54. The van der Waals surface area contributed by atoms with Crippen LogP contribution < -0.4 is 0 Å². The van der Waals surface area contributed by atoms with Crippen molar-refractivity contribution in [2.24, 2.45) is 0 Å². The smallest absolute Gasteiger partial charge is 0.416 e. The van der Waals surface area contributed by atoms with Crippen molar-refractivity contribution in [3.63, 3.8) is 0 Å². The van der Waals surface area contributed by atoms with E-state index >= 15 is 0 Å². The molecule has 0 spiro atoms. The van der Waals surface area contributed by atoms with Gasteiger partial charge in [-0.1, -0.05) is 23.9 Å². The van der Waals surface area contributed by atoms with E-state index in [1.54, 1.807) is 0 Å². The van der Waals surface area contributed by atoms with Gasteiger partial charge in [-0.05, 0) is 43.2 Å². The number of nitrogens with zero attached hydrogens (tertiary/aromatic N) is 3. The molecule has 5 rings (SSSR count). The lowest BCUT2D eigenvalue weighted by molar-refractivity contribution is -0.137. The first-order chi connectivity index (χ1) is 13.0. The number of imidazole rings is 1. The van der Waals surface area contributed by atoms with Crippen LogP contribution in [0.5, 0.6) is 0 Å². The molecule has 0 radical (unpaired) electrons. The predicted octanol–water partition coefficient (Wildman–Crippen LogP) is 5.82. The topological polar surface area (TPSA) is 43.9 Å². The Morgan fingerprint density at radius 1 is 1.07 bits per heavy atom. The molecular weight excluding hydrogens is 375 g/mol. The molecule has 0 amide bonds. The summed E-state index contributed by atoms with van der Waals surface area (Å²) in [4.78, 5) is 8.92. The summed E-state index contributed by atoms with van der Waals surface area (Å²) in [7, 11) is 0. The van der Waals surface area contributed by atoms with E-state index in [2.05, 4.69) is 9.97 Å². The van der Waals surface area contributed by atoms with Crippen LogP contribution in [0.2, 0.25) is 0 Å². The number of rotatable bonds is 4. The summed E-state index contributed by atoms with van der Waals surface area (Å²) in [5.74, 6) is 1.04. The molecule has 4 nitrogen and oxygen atoms in total. The maximum absolute atomic E-state index is 13.0. The average molecular weight is 389 g/mol. The molecule has 2 heterocycles. The Morgan fingerprint density at radius 3 is 2.63 bits per heavy atom. The molecule has 0 N–H and O–H groups in total. The second-order valence-corrected chi connectivity index (χ2v) is 7.50. The van der Waals surface area contributed by atoms with E-state index in [4.69, 9.17) is 4.42 Å².